The maximum atomic E-state index is 12.7. The van der Waals surface area contributed by atoms with Crippen LogP contribution in [-0.2, 0) is 14.8 Å². The number of carbonyl (C=O) groups is 1. The monoisotopic (exact) mass is 310 g/mol. The van der Waals surface area contributed by atoms with E-state index >= 15 is 0 Å². The number of ether oxygens (including phenoxy) is 1. The first-order valence-corrected chi connectivity index (χ1v) is 8.39. The van der Waals surface area contributed by atoms with Gasteiger partial charge in [0.1, 0.15) is 0 Å². The Morgan fingerprint density at radius 3 is 2.67 bits per heavy atom. The van der Waals surface area contributed by atoms with Crippen LogP contribution in [0.15, 0.2) is 29.2 Å². The third kappa shape index (κ3) is 2.45. The summed E-state index contributed by atoms with van der Waals surface area (Å²) in [6.07, 6.45) is 0.900. The van der Waals surface area contributed by atoms with Gasteiger partial charge in [-0.2, -0.15) is 4.31 Å². The van der Waals surface area contributed by atoms with E-state index in [0.29, 0.717) is 24.6 Å². The smallest absolute Gasteiger partial charge is 0.337 e. The summed E-state index contributed by atoms with van der Waals surface area (Å²) in [6.45, 7) is 2.17. The van der Waals surface area contributed by atoms with Gasteiger partial charge in [0.05, 0.1) is 17.6 Å². The van der Waals surface area contributed by atoms with Gasteiger partial charge < -0.3 is 10.1 Å². The van der Waals surface area contributed by atoms with Crippen LogP contribution >= 0.6 is 0 Å². The second-order valence-corrected chi connectivity index (χ2v) is 7.30. The number of benzene rings is 1. The molecule has 0 unspecified atom stereocenters. The van der Waals surface area contributed by atoms with Gasteiger partial charge in [0.25, 0.3) is 0 Å². The van der Waals surface area contributed by atoms with Crippen molar-refractivity contribution in [2.24, 2.45) is 5.92 Å². The van der Waals surface area contributed by atoms with Gasteiger partial charge in [-0.25, -0.2) is 13.2 Å². The molecule has 0 spiro atoms. The number of methoxy groups -OCH3 is 1. The lowest BCUT2D eigenvalue weighted by molar-refractivity contribution is 0.0600. The molecule has 114 valence electrons. The predicted molar refractivity (Wildman–Crippen MR) is 76.4 cm³/mol. The first kappa shape index (κ1) is 14.5. The molecule has 6 nitrogen and oxygen atoms in total. The third-order valence-corrected chi connectivity index (χ3v) is 6.22. The average Bonchev–Trinajstić information content (AvgIpc) is 3.09. The van der Waals surface area contributed by atoms with Crippen LogP contribution in [0.3, 0.4) is 0 Å². The minimum absolute atomic E-state index is 0.0512. The van der Waals surface area contributed by atoms with E-state index in [1.807, 2.05) is 0 Å². The molecular formula is C14H18N2O4S. The number of hydrogen-bond acceptors (Lipinski definition) is 5. The van der Waals surface area contributed by atoms with Crippen LogP contribution in [0.4, 0.5) is 0 Å². The van der Waals surface area contributed by atoms with Crippen molar-refractivity contribution in [2.75, 3.05) is 26.7 Å². The lowest BCUT2D eigenvalue weighted by Crippen LogP contribution is -2.39. The van der Waals surface area contributed by atoms with Gasteiger partial charge in [-0.05, 0) is 43.1 Å². The first-order valence-electron chi connectivity index (χ1n) is 6.95. The van der Waals surface area contributed by atoms with Crippen molar-refractivity contribution in [3.05, 3.63) is 29.8 Å². The summed E-state index contributed by atoms with van der Waals surface area (Å²) in [4.78, 5) is 11.6. The molecule has 0 aliphatic carbocycles. The Kier molecular flexibility index (Phi) is 3.73. The Labute approximate surface area is 124 Å². The number of sulfonamides is 1. The van der Waals surface area contributed by atoms with Crippen LogP contribution in [0.25, 0.3) is 0 Å². The highest BCUT2D eigenvalue weighted by molar-refractivity contribution is 7.89. The molecule has 1 N–H and O–H groups in total. The van der Waals surface area contributed by atoms with Crippen molar-refractivity contribution < 1.29 is 17.9 Å². The van der Waals surface area contributed by atoms with Crippen molar-refractivity contribution in [2.45, 2.75) is 17.4 Å². The van der Waals surface area contributed by atoms with E-state index in [4.69, 9.17) is 0 Å². The number of fused-ring (bicyclic) bond motifs is 1. The fourth-order valence-electron chi connectivity index (χ4n) is 3.12. The molecule has 2 aliphatic heterocycles. The van der Waals surface area contributed by atoms with Crippen LogP contribution in [0.2, 0.25) is 0 Å². The SMILES string of the molecule is COC(=O)c1ccc(S(=O)(=O)N2CC[C@H]3CNC[C@H]32)cc1. The summed E-state index contributed by atoms with van der Waals surface area (Å²) in [5.74, 6) is -0.0608. The van der Waals surface area contributed by atoms with Crippen LogP contribution in [0.1, 0.15) is 16.8 Å². The van der Waals surface area contributed by atoms with E-state index in [-0.39, 0.29) is 10.9 Å². The zero-order valence-electron chi connectivity index (χ0n) is 11.8. The van der Waals surface area contributed by atoms with Crippen LogP contribution < -0.4 is 5.32 Å². The van der Waals surface area contributed by atoms with Gasteiger partial charge in [-0.15, -0.1) is 0 Å². The standard InChI is InChI=1S/C14H18N2O4S/c1-20-14(17)10-2-4-12(5-3-10)21(18,19)16-7-6-11-8-15-9-13(11)16/h2-5,11,13,15H,6-9H2,1H3/t11-,13+/m0/s1. The molecule has 2 atom stereocenters. The first-order chi connectivity index (χ1) is 10.0. The van der Waals surface area contributed by atoms with Gasteiger partial charge in [-0.3, -0.25) is 0 Å². The van der Waals surface area contributed by atoms with E-state index in [1.54, 1.807) is 4.31 Å². The molecule has 1 aromatic rings. The zero-order chi connectivity index (χ0) is 15.0. The molecule has 2 heterocycles. The Hall–Kier alpha value is -1.44. The molecule has 0 saturated carbocycles. The van der Waals surface area contributed by atoms with Crippen LogP contribution in [-0.4, -0.2) is 51.5 Å². The maximum Gasteiger partial charge on any atom is 0.337 e. The summed E-state index contributed by atoms with van der Waals surface area (Å²) in [5.41, 5.74) is 0.346. The van der Waals surface area contributed by atoms with Crippen molar-refractivity contribution in [3.63, 3.8) is 0 Å². The van der Waals surface area contributed by atoms with Crippen molar-refractivity contribution in [1.82, 2.24) is 9.62 Å². The molecule has 7 heteroatoms. The normalized spacial score (nSPS) is 25.8. The fourth-order valence-corrected chi connectivity index (χ4v) is 4.82. The molecule has 21 heavy (non-hydrogen) atoms. The molecular weight excluding hydrogens is 292 g/mol. The summed E-state index contributed by atoms with van der Waals surface area (Å²) in [6, 6.07) is 5.96. The van der Waals surface area contributed by atoms with E-state index in [2.05, 4.69) is 10.1 Å². The molecule has 0 aromatic heterocycles. The Bertz CT molecular complexity index is 641. The number of carbonyl (C=O) groups excluding carboxylic acids is 1. The second kappa shape index (κ2) is 5.40. The topological polar surface area (TPSA) is 75.7 Å². The predicted octanol–water partition coefficient (Wildman–Crippen LogP) is 0.456. The molecule has 2 fully saturated rings. The van der Waals surface area contributed by atoms with Gasteiger partial charge in [0, 0.05) is 19.1 Å². The molecule has 1 aromatic carbocycles. The molecule has 0 amide bonds. The lowest BCUT2D eigenvalue weighted by atomic mass is 10.1. The molecule has 2 aliphatic rings. The maximum absolute atomic E-state index is 12.7. The molecule has 3 rings (SSSR count). The molecule has 0 radical (unpaired) electrons. The number of nitrogens with zero attached hydrogens (tertiary/aromatic N) is 1. The quantitative estimate of drug-likeness (QED) is 0.821. The summed E-state index contributed by atoms with van der Waals surface area (Å²) >= 11 is 0. The zero-order valence-corrected chi connectivity index (χ0v) is 12.6. The van der Waals surface area contributed by atoms with E-state index in [0.717, 1.165) is 13.0 Å². The third-order valence-electron chi connectivity index (χ3n) is 4.28. The van der Waals surface area contributed by atoms with E-state index in [1.165, 1.54) is 31.4 Å². The number of nitrogens with one attached hydrogen (secondary N) is 1. The van der Waals surface area contributed by atoms with Gasteiger partial charge in [0.15, 0.2) is 0 Å². The largest absolute Gasteiger partial charge is 0.465 e. The average molecular weight is 310 g/mol. The van der Waals surface area contributed by atoms with Crippen LogP contribution in [0, 0.1) is 5.92 Å². The summed E-state index contributed by atoms with van der Waals surface area (Å²) in [5, 5.41) is 3.24. The lowest BCUT2D eigenvalue weighted by Gasteiger charge is -2.22. The highest BCUT2D eigenvalue weighted by atomic mass is 32.2. The van der Waals surface area contributed by atoms with Crippen LogP contribution in [0.5, 0.6) is 0 Å². The number of rotatable bonds is 3. The van der Waals surface area contributed by atoms with E-state index < -0.39 is 16.0 Å². The van der Waals surface area contributed by atoms with Crippen molar-refractivity contribution in [3.8, 4) is 0 Å². The summed E-state index contributed by atoms with van der Waals surface area (Å²) in [7, 11) is -2.20. The minimum Gasteiger partial charge on any atom is -0.465 e. The second-order valence-electron chi connectivity index (χ2n) is 5.41. The Morgan fingerprint density at radius 2 is 2.00 bits per heavy atom. The Morgan fingerprint density at radius 1 is 1.29 bits per heavy atom. The summed E-state index contributed by atoms with van der Waals surface area (Å²) < 4.78 is 31.6. The van der Waals surface area contributed by atoms with Crippen molar-refractivity contribution in [1.29, 1.82) is 0 Å². The molecule has 0 bridgehead atoms. The Balaban J connectivity index is 1.86. The highest BCUT2D eigenvalue weighted by Gasteiger charge is 2.43. The number of esters is 1. The molecule has 2 saturated heterocycles. The van der Waals surface area contributed by atoms with Gasteiger partial charge in [-0.1, -0.05) is 0 Å². The minimum atomic E-state index is -3.50. The fraction of sp³-hybridized carbons (Fsp3) is 0.500. The van der Waals surface area contributed by atoms with Gasteiger partial charge >= 0.3 is 5.97 Å². The van der Waals surface area contributed by atoms with Gasteiger partial charge in [0.2, 0.25) is 10.0 Å². The highest BCUT2D eigenvalue weighted by Crippen LogP contribution is 2.32. The van der Waals surface area contributed by atoms with E-state index in [9.17, 15) is 13.2 Å². The van der Waals surface area contributed by atoms with Crippen molar-refractivity contribution >= 4 is 16.0 Å². The number of hydrogen-bond donors (Lipinski definition) is 1.